The molecule has 0 spiro atoms. The Balaban J connectivity index is 1.50. The topological polar surface area (TPSA) is 106 Å². The van der Waals surface area contributed by atoms with Gasteiger partial charge in [0.1, 0.15) is 6.26 Å². The van der Waals surface area contributed by atoms with Crippen LogP contribution in [0.15, 0.2) is 47.9 Å². The van der Waals surface area contributed by atoms with E-state index in [0.717, 1.165) is 5.70 Å². The van der Waals surface area contributed by atoms with Crippen molar-refractivity contribution < 1.29 is 18.8 Å². The van der Waals surface area contributed by atoms with E-state index in [-0.39, 0.29) is 30.4 Å². The van der Waals surface area contributed by atoms with Gasteiger partial charge in [0.05, 0.1) is 31.1 Å². The minimum Gasteiger partial charge on any atom is -0.432 e. The fourth-order valence-corrected chi connectivity index (χ4v) is 2.87. The molecule has 1 unspecified atom stereocenters. The Bertz CT molecular complexity index is 871. The summed E-state index contributed by atoms with van der Waals surface area (Å²) in [4.78, 5) is 35.4. The van der Waals surface area contributed by atoms with Gasteiger partial charge in [-0.3, -0.25) is 14.9 Å². The molecule has 2 aromatic heterocycles. The first-order chi connectivity index (χ1) is 12.7. The number of carbonyl (C=O) groups is 2. The normalized spacial score (nSPS) is 18.8. The Hall–Kier alpha value is -3.40. The molecular weight excluding hydrogens is 340 g/mol. The second-order valence-corrected chi connectivity index (χ2v) is 5.74. The molecule has 0 saturated carbocycles. The molecule has 0 aromatic carbocycles. The number of fused-ring (bicyclic) bond motifs is 2. The molecule has 0 radical (unpaired) electrons. The van der Waals surface area contributed by atoms with Crippen LogP contribution in [0.25, 0.3) is 5.70 Å². The molecule has 2 aliphatic heterocycles. The maximum Gasteiger partial charge on any atom is 0.345 e. The Labute approximate surface area is 148 Å². The van der Waals surface area contributed by atoms with E-state index in [0.29, 0.717) is 13.1 Å². The number of anilines is 1. The van der Waals surface area contributed by atoms with Gasteiger partial charge >= 0.3 is 12.0 Å². The lowest BCUT2D eigenvalue weighted by Gasteiger charge is -2.21. The van der Waals surface area contributed by atoms with Crippen LogP contribution >= 0.6 is 0 Å². The van der Waals surface area contributed by atoms with Gasteiger partial charge in [0.2, 0.25) is 0 Å². The molecule has 1 saturated heterocycles. The molecule has 3 amide bonds. The minimum absolute atomic E-state index is 0.103. The zero-order chi connectivity index (χ0) is 18.1. The molecule has 0 aliphatic carbocycles. The van der Waals surface area contributed by atoms with Gasteiger partial charge < -0.3 is 9.32 Å². The van der Waals surface area contributed by atoms with Crippen molar-refractivity contribution in [3.63, 3.8) is 0 Å². The highest BCUT2D eigenvalue weighted by molar-refractivity contribution is 6.01. The van der Waals surface area contributed by atoms with E-state index < -0.39 is 5.91 Å². The number of hydrogen-bond donors (Lipinski definition) is 1. The van der Waals surface area contributed by atoms with Crippen molar-refractivity contribution in [2.24, 2.45) is 0 Å². The number of aromatic nitrogens is 3. The summed E-state index contributed by atoms with van der Waals surface area (Å²) in [5.41, 5.74) is 0.998. The molecule has 4 heterocycles. The van der Waals surface area contributed by atoms with Gasteiger partial charge in [-0.2, -0.15) is 10.2 Å². The number of hydroxylamine groups is 2. The van der Waals surface area contributed by atoms with Crippen LogP contribution in [0, 0.1) is 0 Å². The predicted molar refractivity (Wildman–Crippen MR) is 89.7 cm³/mol. The molecule has 1 N–H and O–H groups in total. The maximum absolute atomic E-state index is 12.3. The molecule has 2 aliphatic rings. The van der Waals surface area contributed by atoms with Crippen LogP contribution in [0.3, 0.4) is 0 Å². The molecule has 1 fully saturated rings. The number of nitrogens with zero attached hydrogens (tertiary/aromatic N) is 5. The number of carbonyl (C=O) groups excluding carboxylic acids is 2. The van der Waals surface area contributed by atoms with Crippen molar-refractivity contribution in [3.05, 3.63) is 49.1 Å². The van der Waals surface area contributed by atoms with E-state index in [1.807, 2.05) is 6.08 Å². The summed E-state index contributed by atoms with van der Waals surface area (Å²) >= 11 is 0. The van der Waals surface area contributed by atoms with E-state index in [4.69, 9.17) is 9.25 Å². The highest BCUT2D eigenvalue weighted by Gasteiger charge is 2.41. The third kappa shape index (κ3) is 2.86. The van der Waals surface area contributed by atoms with Crippen molar-refractivity contribution >= 4 is 23.6 Å². The van der Waals surface area contributed by atoms with Gasteiger partial charge in [0.25, 0.3) is 5.91 Å². The van der Waals surface area contributed by atoms with Gasteiger partial charge in [-0.25, -0.2) is 14.5 Å². The summed E-state index contributed by atoms with van der Waals surface area (Å²) in [5, 5.41) is 8.13. The van der Waals surface area contributed by atoms with Gasteiger partial charge in [0.15, 0.2) is 5.69 Å². The smallest absolute Gasteiger partial charge is 0.345 e. The first-order valence-corrected chi connectivity index (χ1v) is 7.95. The summed E-state index contributed by atoms with van der Waals surface area (Å²) in [6.45, 7) is 4.78. The maximum atomic E-state index is 12.3. The Morgan fingerprint density at radius 2 is 2.42 bits per heavy atom. The average Bonchev–Trinajstić information content (AvgIpc) is 3.36. The second kappa shape index (κ2) is 6.48. The van der Waals surface area contributed by atoms with Crippen LogP contribution in [0.4, 0.5) is 10.8 Å². The Morgan fingerprint density at radius 1 is 1.54 bits per heavy atom. The van der Waals surface area contributed by atoms with Crippen molar-refractivity contribution in [1.82, 2.24) is 24.7 Å². The third-order valence-electron chi connectivity index (χ3n) is 4.01. The predicted octanol–water partition coefficient (Wildman–Crippen LogP) is 1.20. The lowest BCUT2D eigenvalue weighted by atomic mass is 10.2. The number of hydrogen-bond acceptors (Lipinski definition) is 6. The molecule has 1 atom stereocenters. The van der Waals surface area contributed by atoms with E-state index in [1.165, 1.54) is 17.5 Å². The lowest BCUT2D eigenvalue weighted by molar-refractivity contribution is -0.107. The van der Waals surface area contributed by atoms with Crippen LogP contribution < -0.4 is 5.32 Å². The van der Waals surface area contributed by atoms with Crippen molar-refractivity contribution in [2.75, 3.05) is 25.0 Å². The molecule has 2 aromatic rings. The summed E-state index contributed by atoms with van der Waals surface area (Å²) in [5.74, 6) is -0.432. The Kier molecular flexibility index (Phi) is 4.01. The molecule has 4 rings (SSSR count). The van der Waals surface area contributed by atoms with Gasteiger partial charge in [-0.1, -0.05) is 6.08 Å². The van der Waals surface area contributed by atoms with Crippen LogP contribution in [0.2, 0.25) is 0 Å². The molecular formula is C16H16N6O4. The van der Waals surface area contributed by atoms with Crippen molar-refractivity contribution in [3.8, 4) is 0 Å². The lowest BCUT2D eigenvalue weighted by Crippen LogP contribution is -2.33. The summed E-state index contributed by atoms with van der Waals surface area (Å²) < 4.78 is 6.56. The number of oxazole rings is 1. The summed E-state index contributed by atoms with van der Waals surface area (Å²) in [6.07, 6.45) is 7.96. The molecule has 2 bridgehead atoms. The third-order valence-corrected chi connectivity index (χ3v) is 4.01. The molecule has 10 nitrogen and oxygen atoms in total. The van der Waals surface area contributed by atoms with Crippen molar-refractivity contribution in [2.45, 2.75) is 6.04 Å². The van der Waals surface area contributed by atoms with Gasteiger partial charge in [-0.15, -0.1) is 6.58 Å². The number of urea groups is 1. The second-order valence-electron chi connectivity index (χ2n) is 5.74. The number of rotatable bonds is 6. The standard InChI is InChI=1S/C16H16N6O4/c1-2-6-26-22-12-8-11(9-20(10-12)16(22)24)21-5-3-13(19-21)14(23)18-15-17-4-7-25-15/h2-5,7-8,12H,1,6,9-10H2,(H,17,18,23). The average molecular weight is 356 g/mol. The first kappa shape index (κ1) is 16.1. The SMILES string of the molecule is C=CCON1C(=O)N2CC(n3ccc(C(=O)Nc4ncco4)n3)=CC1C2. The number of amides is 3. The van der Waals surface area contributed by atoms with Crippen molar-refractivity contribution in [1.29, 1.82) is 0 Å². The Morgan fingerprint density at radius 3 is 3.19 bits per heavy atom. The quantitative estimate of drug-likeness (QED) is 0.780. The zero-order valence-corrected chi connectivity index (χ0v) is 13.7. The summed E-state index contributed by atoms with van der Waals surface area (Å²) in [7, 11) is 0. The van der Waals surface area contributed by atoms with Gasteiger partial charge in [0, 0.05) is 12.7 Å². The minimum atomic E-state index is -0.432. The van der Waals surface area contributed by atoms with E-state index in [1.54, 1.807) is 27.9 Å². The van der Waals surface area contributed by atoms with Crippen LogP contribution in [0.5, 0.6) is 0 Å². The largest absolute Gasteiger partial charge is 0.432 e. The highest BCUT2D eigenvalue weighted by Crippen LogP contribution is 2.26. The highest BCUT2D eigenvalue weighted by atomic mass is 16.7. The van der Waals surface area contributed by atoms with Crippen LogP contribution in [0.1, 0.15) is 10.5 Å². The molecule has 134 valence electrons. The molecule has 10 heteroatoms. The fourth-order valence-electron chi connectivity index (χ4n) is 2.87. The first-order valence-electron chi connectivity index (χ1n) is 7.95. The summed E-state index contributed by atoms with van der Waals surface area (Å²) in [6, 6.07) is 1.28. The van der Waals surface area contributed by atoms with Crippen LogP contribution in [-0.2, 0) is 4.84 Å². The molecule has 26 heavy (non-hydrogen) atoms. The zero-order valence-electron chi connectivity index (χ0n) is 13.7. The monoisotopic (exact) mass is 356 g/mol. The van der Waals surface area contributed by atoms with E-state index >= 15 is 0 Å². The number of nitrogens with one attached hydrogen (secondary N) is 1. The fraction of sp³-hybridized carbons (Fsp3) is 0.250. The van der Waals surface area contributed by atoms with Crippen LogP contribution in [-0.4, -0.2) is 62.4 Å². The van der Waals surface area contributed by atoms with E-state index in [2.05, 4.69) is 22.0 Å². The van der Waals surface area contributed by atoms with E-state index in [9.17, 15) is 9.59 Å². The van der Waals surface area contributed by atoms with Gasteiger partial charge in [-0.05, 0) is 12.1 Å².